The van der Waals surface area contributed by atoms with E-state index in [1.54, 1.807) is 0 Å². The van der Waals surface area contributed by atoms with Gasteiger partial charge in [0.2, 0.25) is 0 Å². The van der Waals surface area contributed by atoms with Crippen LogP contribution in [0.3, 0.4) is 0 Å². The highest BCUT2D eigenvalue weighted by atomic mass is 16.1. The van der Waals surface area contributed by atoms with Crippen LogP contribution in [0.1, 0.15) is 82.8 Å². The molecule has 4 rings (SSSR count). The predicted molar refractivity (Wildman–Crippen MR) is 121 cm³/mol. The molecule has 158 valence electrons. The van der Waals surface area contributed by atoms with Gasteiger partial charge in [-0.25, -0.2) is 0 Å². The molecule has 1 spiro atoms. The van der Waals surface area contributed by atoms with E-state index in [0.29, 0.717) is 0 Å². The Bertz CT molecular complexity index is 735. The van der Waals surface area contributed by atoms with Crippen LogP contribution in [0, 0.1) is 5.92 Å². The molecule has 1 aliphatic heterocycles. The van der Waals surface area contributed by atoms with Crippen molar-refractivity contribution >= 4 is 11.5 Å². The second kappa shape index (κ2) is 9.04. The fourth-order valence-electron chi connectivity index (χ4n) is 5.81. The highest BCUT2D eigenvalue weighted by molar-refractivity contribution is 6.21. The van der Waals surface area contributed by atoms with Gasteiger partial charge in [-0.15, -0.1) is 0 Å². The Morgan fingerprint density at radius 1 is 1.10 bits per heavy atom. The van der Waals surface area contributed by atoms with E-state index < -0.39 is 0 Å². The van der Waals surface area contributed by atoms with Crippen molar-refractivity contribution in [3.63, 3.8) is 0 Å². The van der Waals surface area contributed by atoms with Crippen LogP contribution in [0.5, 0.6) is 0 Å². The molecule has 2 aliphatic carbocycles. The van der Waals surface area contributed by atoms with E-state index in [1.165, 1.54) is 44.2 Å². The van der Waals surface area contributed by atoms with E-state index in [2.05, 4.69) is 54.4 Å². The summed E-state index contributed by atoms with van der Waals surface area (Å²) in [4.78, 5) is 15.8. The molecule has 3 nitrogen and oxygen atoms in total. The molecule has 3 aliphatic rings. The number of carbonyl (C=O) groups excluding carboxylic acids is 1. The molecule has 1 heterocycles. The highest BCUT2D eigenvalue weighted by Crippen LogP contribution is 2.47. The molecule has 1 saturated carbocycles. The third kappa shape index (κ3) is 4.30. The first-order valence-electron chi connectivity index (χ1n) is 12.0. The standard InChI is InChI=1S/C26H38N2O/c1-3-21(4-2)27-25(29)23-18-26(24-13-9-8-12-22(23)24)14-16-28(17-15-26)19-20-10-6-5-7-11-20/h8-9,12-13,18,20-21H,3-7,10-11,14-17,19H2,1-2H3,(H,27,29). The number of carbonyl (C=O) groups is 1. The van der Waals surface area contributed by atoms with Crippen molar-refractivity contribution in [2.75, 3.05) is 19.6 Å². The largest absolute Gasteiger partial charge is 0.349 e. The molecule has 3 heteroatoms. The fraction of sp³-hybridized carbons (Fsp3) is 0.654. The Morgan fingerprint density at radius 2 is 1.79 bits per heavy atom. The SMILES string of the molecule is CCC(CC)NC(=O)C1=CC2(CCN(CC3CCCCC3)CC2)c2ccccc21. The fourth-order valence-corrected chi connectivity index (χ4v) is 5.81. The molecular weight excluding hydrogens is 356 g/mol. The summed E-state index contributed by atoms with van der Waals surface area (Å²) in [6.07, 6.45) is 13.7. The van der Waals surface area contributed by atoms with Gasteiger partial charge in [0.1, 0.15) is 0 Å². The van der Waals surface area contributed by atoms with Crippen LogP contribution in [-0.4, -0.2) is 36.5 Å². The maximum Gasteiger partial charge on any atom is 0.251 e. The van der Waals surface area contributed by atoms with Crippen molar-refractivity contribution in [3.05, 3.63) is 41.5 Å². The Balaban J connectivity index is 1.48. The minimum absolute atomic E-state index is 0.0558. The smallest absolute Gasteiger partial charge is 0.251 e. The topological polar surface area (TPSA) is 32.3 Å². The molecule has 1 amide bonds. The summed E-state index contributed by atoms with van der Waals surface area (Å²) in [5.41, 5.74) is 3.51. The van der Waals surface area contributed by atoms with Crippen LogP contribution >= 0.6 is 0 Å². The van der Waals surface area contributed by atoms with Crippen LogP contribution < -0.4 is 5.32 Å². The van der Waals surface area contributed by atoms with Gasteiger partial charge in [-0.1, -0.05) is 63.5 Å². The second-order valence-corrected chi connectivity index (χ2v) is 9.55. The zero-order valence-corrected chi connectivity index (χ0v) is 18.4. The molecule has 0 aromatic heterocycles. The molecule has 0 atom stereocenters. The molecule has 0 unspecified atom stereocenters. The number of likely N-dealkylation sites (tertiary alicyclic amines) is 1. The zero-order chi connectivity index (χ0) is 20.3. The molecule has 2 fully saturated rings. The summed E-state index contributed by atoms with van der Waals surface area (Å²) in [7, 11) is 0. The van der Waals surface area contributed by atoms with E-state index in [0.717, 1.165) is 55.8 Å². The van der Waals surface area contributed by atoms with Crippen molar-refractivity contribution in [2.24, 2.45) is 5.92 Å². The lowest BCUT2D eigenvalue weighted by molar-refractivity contribution is -0.116. The van der Waals surface area contributed by atoms with E-state index >= 15 is 0 Å². The van der Waals surface area contributed by atoms with Crippen molar-refractivity contribution in [2.45, 2.75) is 83.1 Å². The minimum Gasteiger partial charge on any atom is -0.349 e. The number of hydrogen-bond acceptors (Lipinski definition) is 2. The third-order valence-electron chi connectivity index (χ3n) is 7.73. The Hall–Kier alpha value is -1.61. The number of benzene rings is 1. The number of fused-ring (bicyclic) bond motifs is 2. The van der Waals surface area contributed by atoms with Crippen molar-refractivity contribution in [3.8, 4) is 0 Å². The molecule has 1 aromatic rings. The Morgan fingerprint density at radius 3 is 2.48 bits per heavy atom. The van der Waals surface area contributed by atoms with Gasteiger partial charge < -0.3 is 10.2 Å². The Kier molecular flexibility index (Phi) is 6.44. The van der Waals surface area contributed by atoms with Crippen LogP contribution in [0.4, 0.5) is 0 Å². The molecule has 29 heavy (non-hydrogen) atoms. The second-order valence-electron chi connectivity index (χ2n) is 9.55. The quantitative estimate of drug-likeness (QED) is 0.710. The lowest BCUT2D eigenvalue weighted by Gasteiger charge is -2.41. The summed E-state index contributed by atoms with van der Waals surface area (Å²) in [6, 6.07) is 8.90. The first-order chi connectivity index (χ1) is 14.1. The Labute approximate surface area is 176 Å². The van der Waals surface area contributed by atoms with E-state index in [4.69, 9.17) is 0 Å². The number of nitrogens with zero attached hydrogens (tertiary/aromatic N) is 1. The molecule has 1 aromatic carbocycles. The predicted octanol–water partition coefficient (Wildman–Crippen LogP) is 5.30. The van der Waals surface area contributed by atoms with Crippen LogP contribution in [0.15, 0.2) is 30.3 Å². The molecule has 0 bridgehead atoms. The van der Waals surface area contributed by atoms with Crippen molar-refractivity contribution in [1.29, 1.82) is 0 Å². The maximum absolute atomic E-state index is 13.1. The first kappa shape index (κ1) is 20.7. The first-order valence-corrected chi connectivity index (χ1v) is 12.0. The normalized spacial score (nSPS) is 22.0. The van der Waals surface area contributed by atoms with Crippen molar-refractivity contribution in [1.82, 2.24) is 10.2 Å². The lowest BCUT2D eigenvalue weighted by Crippen LogP contribution is -2.43. The van der Waals surface area contributed by atoms with Gasteiger partial charge in [0, 0.05) is 23.6 Å². The van der Waals surface area contributed by atoms with E-state index in [1.807, 2.05) is 0 Å². The van der Waals surface area contributed by atoms with E-state index in [-0.39, 0.29) is 17.4 Å². The number of allylic oxidation sites excluding steroid dienone is 1. The van der Waals surface area contributed by atoms with Gasteiger partial charge in [-0.3, -0.25) is 4.79 Å². The lowest BCUT2D eigenvalue weighted by atomic mass is 9.74. The summed E-state index contributed by atoms with van der Waals surface area (Å²) < 4.78 is 0. The van der Waals surface area contributed by atoms with Crippen LogP contribution in [0.25, 0.3) is 5.57 Å². The number of nitrogens with one attached hydrogen (secondary N) is 1. The highest BCUT2D eigenvalue weighted by Gasteiger charge is 2.42. The number of piperidine rings is 1. The summed E-state index contributed by atoms with van der Waals surface area (Å²) >= 11 is 0. The van der Waals surface area contributed by atoms with Gasteiger partial charge in [-0.05, 0) is 68.7 Å². The van der Waals surface area contributed by atoms with E-state index in [9.17, 15) is 4.79 Å². The van der Waals surface area contributed by atoms with Gasteiger partial charge in [0.05, 0.1) is 0 Å². The zero-order valence-electron chi connectivity index (χ0n) is 18.4. The average Bonchev–Trinajstić information content (AvgIpc) is 3.09. The molecule has 0 radical (unpaired) electrons. The monoisotopic (exact) mass is 394 g/mol. The van der Waals surface area contributed by atoms with Gasteiger partial charge in [0.15, 0.2) is 0 Å². The third-order valence-corrected chi connectivity index (χ3v) is 7.73. The van der Waals surface area contributed by atoms with Gasteiger partial charge in [-0.2, -0.15) is 0 Å². The number of hydrogen-bond donors (Lipinski definition) is 1. The van der Waals surface area contributed by atoms with Crippen LogP contribution in [0.2, 0.25) is 0 Å². The molecular formula is C26H38N2O. The average molecular weight is 395 g/mol. The van der Waals surface area contributed by atoms with Crippen LogP contribution in [-0.2, 0) is 10.2 Å². The van der Waals surface area contributed by atoms with Gasteiger partial charge in [0.25, 0.3) is 5.91 Å². The number of rotatable bonds is 6. The summed E-state index contributed by atoms with van der Waals surface area (Å²) in [6.45, 7) is 7.89. The minimum atomic E-state index is 0.0558. The van der Waals surface area contributed by atoms with Gasteiger partial charge >= 0.3 is 0 Å². The number of amides is 1. The molecule has 1 saturated heterocycles. The molecule has 1 N–H and O–H groups in total. The summed E-state index contributed by atoms with van der Waals surface area (Å²) in [5.74, 6) is 1.03. The summed E-state index contributed by atoms with van der Waals surface area (Å²) in [5, 5.41) is 3.27. The van der Waals surface area contributed by atoms with Crippen molar-refractivity contribution < 1.29 is 4.79 Å². The maximum atomic E-state index is 13.1.